The lowest BCUT2D eigenvalue weighted by Crippen LogP contribution is -2.35. The first-order valence-corrected chi connectivity index (χ1v) is 8.88. The zero-order valence-corrected chi connectivity index (χ0v) is 15.4. The number of nitro benzene ring substituents is 1. The van der Waals surface area contributed by atoms with E-state index in [-0.39, 0.29) is 22.9 Å². The SMILES string of the molecule is COc1ccc([N+](=O)[O-])cc1C(=O)O[C@@H](C(=O)N1CCCC1)c1ccccc1. The van der Waals surface area contributed by atoms with Crippen LogP contribution in [0.3, 0.4) is 0 Å². The third kappa shape index (κ3) is 4.11. The van der Waals surface area contributed by atoms with Gasteiger partial charge in [-0.05, 0) is 18.9 Å². The highest BCUT2D eigenvalue weighted by molar-refractivity contribution is 5.95. The van der Waals surface area contributed by atoms with Crippen LogP contribution in [-0.2, 0) is 9.53 Å². The van der Waals surface area contributed by atoms with Gasteiger partial charge in [-0.25, -0.2) is 4.79 Å². The van der Waals surface area contributed by atoms with Crippen molar-refractivity contribution in [2.75, 3.05) is 20.2 Å². The summed E-state index contributed by atoms with van der Waals surface area (Å²) in [5, 5.41) is 11.1. The smallest absolute Gasteiger partial charge is 0.343 e. The van der Waals surface area contributed by atoms with Crippen LogP contribution in [0.5, 0.6) is 5.75 Å². The molecule has 0 saturated carbocycles. The average Bonchev–Trinajstić information content (AvgIpc) is 3.26. The third-order valence-electron chi connectivity index (χ3n) is 4.58. The Hall–Kier alpha value is -3.42. The Morgan fingerprint density at radius 2 is 1.79 bits per heavy atom. The number of nitro groups is 1. The van der Waals surface area contributed by atoms with Crippen molar-refractivity contribution in [1.29, 1.82) is 0 Å². The lowest BCUT2D eigenvalue weighted by molar-refractivity contribution is -0.384. The topological polar surface area (TPSA) is 99.0 Å². The number of hydrogen-bond acceptors (Lipinski definition) is 6. The molecule has 0 radical (unpaired) electrons. The number of esters is 1. The summed E-state index contributed by atoms with van der Waals surface area (Å²) < 4.78 is 10.7. The van der Waals surface area contributed by atoms with Crippen LogP contribution in [0.4, 0.5) is 5.69 Å². The second-order valence-corrected chi connectivity index (χ2v) is 6.37. The van der Waals surface area contributed by atoms with E-state index in [0.717, 1.165) is 18.9 Å². The second-order valence-electron chi connectivity index (χ2n) is 6.37. The van der Waals surface area contributed by atoms with Gasteiger partial charge in [0.15, 0.2) is 0 Å². The molecule has 1 aliphatic heterocycles. The van der Waals surface area contributed by atoms with Crippen molar-refractivity contribution in [3.8, 4) is 5.75 Å². The van der Waals surface area contributed by atoms with Crippen molar-refractivity contribution >= 4 is 17.6 Å². The van der Waals surface area contributed by atoms with E-state index in [1.807, 2.05) is 0 Å². The maximum absolute atomic E-state index is 13.0. The van der Waals surface area contributed by atoms with Crippen LogP contribution >= 0.6 is 0 Å². The summed E-state index contributed by atoms with van der Waals surface area (Å²) in [5.74, 6) is -1.03. The van der Waals surface area contributed by atoms with Crippen LogP contribution < -0.4 is 4.74 Å². The molecule has 0 bridgehead atoms. The molecule has 1 aliphatic rings. The fourth-order valence-electron chi connectivity index (χ4n) is 3.13. The van der Waals surface area contributed by atoms with E-state index < -0.39 is 17.0 Å². The first kappa shape index (κ1) is 19.3. The molecule has 146 valence electrons. The molecule has 0 unspecified atom stereocenters. The van der Waals surface area contributed by atoms with Gasteiger partial charge in [-0.15, -0.1) is 0 Å². The number of amides is 1. The molecule has 1 fully saturated rings. The minimum absolute atomic E-state index is 0.105. The zero-order chi connectivity index (χ0) is 20.1. The fourth-order valence-corrected chi connectivity index (χ4v) is 3.13. The quantitative estimate of drug-likeness (QED) is 0.431. The number of ether oxygens (including phenoxy) is 2. The van der Waals surface area contributed by atoms with Crippen LogP contribution in [0.25, 0.3) is 0 Å². The molecule has 8 nitrogen and oxygen atoms in total. The molecule has 1 atom stereocenters. The third-order valence-corrected chi connectivity index (χ3v) is 4.58. The van der Waals surface area contributed by atoms with E-state index in [4.69, 9.17) is 9.47 Å². The van der Waals surface area contributed by atoms with E-state index in [9.17, 15) is 19.7 Å². The normalized spacial score (nSPS) is 14.4. The minimum Gasteiger partial charge on any atom is -0.496 e. The highest BCUT2D eigenvalue weighted by Gasteiger charge is 2.32. The Morgan fingerprint density at radius 1 is 1.11 bits per heavy atom. The second kappa shape index (κ2) is 8.51. The lowest BCUT2D eigenvalue weighted by Gasteiger charge is -2.23. The van der Waals surface area contributed by atoms with Crippen LogP contribution in [0, 0.1) is 10.1 Å². The monoisotopic (exact) mass is 384 g/mol. The largest absolute Gasteiger partial charge is 0.496 e. The number of nitrogens with zero attached hydrogens (tertiary/aromatic N) is 2. The Bertz CT molecular complexity index is 878. The molecular weight excluding hydrogens is 364 g/mol. The van der Waals surface area contributed by atoms with Crippen molar-refractivity contribution < 1.29 is 24.0 Å². The van der Waals surface area contributed by atoms with E-state index in [0.29, 0.717) is 18.7 Å². The van der Waals surface area contributed by atoms with Crippen molar-refractivity contribution in [2.45, 2.75) is 18.9 Å². The van der Waals surface area contributed by atoms with Gasteiger partial charge in [0.05, 0.1) is 12.0 Å². The Kier molecular flexibility index (Phi) is 5.88. The summed E-state index contributed by atoms with van der Waals surface area (Å²) in [4.78, 5) is 37.9. The summed E-state index contributed by atoms with van der Waals surface area (Å²) in [7, 11) is 1.35. The first-order chi connectivity index (χ1) is 13.5. The predicted molar refractivity (Wildman–Crippen MR) is 100 cm³/mol. The molecule has 28 heavy (non-hydrogen) atoms. The van der Waals surface area contributed by atoms with E-state index >= 15 is 0 Å². The van der Waals surface area contributed by atoms with Crippen LogP contribution in [0.15, 0.2) is 48.5 Å². The van der Waals surface area contributed by atoms with Crippen molar-refractivity contribution in [1.82, 2.24) is 4.90 Å². The van der Waals surface area contributed by atoms with Crippen molar-refractivity contribution in [2.24, 2.45) is 0 Å². The van der Waals surface area contributed by atoms with Gasteiger partial charge in [0.1, 0.15) is 11.3 Å². The summed E-state index contributed by atoms with van der Waals surface area (Å²) in [5.41, 5.74) is 0.166. The van der Waals surface area contributed by atoms with Gasteiger partial charge in [0, 0.05) is 30.8 Å². The van der Waals surface area contributed by atoms with Crippen LogP contribution in [-0.4, -0.2) is 41.9 Å². The maximum Gasteiger partial charge on any atom is 0.343 e. The van der Waals surface area contributed by atoms with Gasteiger partial charge >= 0.3 is 5.97 Å². The fraction of sp³-hybridized carbons (Fsp3) is 0.300. The molecule has 8 heteroatoms. The Morgan fingerprint density at radius 3 is 2.39 bits per heavy atom. The maximum atomic E-state index is 13.0. The highest BCUT2D eigenvalue weighted by atomic mass is 16.6. The number of carbonyl (C=O) groups excluding carboxylic acids is 2. The number of carbonyl (C=O) groups is 2. The molecule has 1 saturated heterocycles. The summed E-state index contributed by atoms with van der Waals surface area (Å²) in [6, 6.07) is 12.4. The van der Waals surface area contributed by atoms with Crippen molar-refractivity contribution in [3.63, 3.8) is 0 Å². The number of methoxy groups -OCH3 is 1. The molecule has 1 heterocycles. The lowest BCUT2D eigenvalue weighted by atomic mass is 10.1. The van der Waals surface area contributed by atoms with Gasteiger partial charge in [-0.1, -0.05) is 30.3 Å². The molecule has 0 aliphatic carbocycles. The molecule has 0 N–H and O–H groups in total. The number of benzene rings is 2. The van der Waals surface area contributed by atoms with Gasteiger partial charge in [0.2, 0.25) is 6.10 Å². The molecule has 0 spiro atoms. The van der Waals surface area contributed by atoms with E-state index in [1.165, 1.54) is 19.2 Å². The molecule has 2 aromatic carbocycles. The Labute approximate surface area is 161 Å². The minimum atomic E-state index is -1.13. The number of likely N-dealkylation sites (tertiary alicyclic amines) is 1. The molecule has 2 aromatic rings. The summed E-state index contributed by atoms with van der Waals surface area (Å²) in [6.07, 6.45) is 0.676. The highest BCUT2D eigenvalue weighted by Crippen LogP contribution is 2.29. The number of non-ortho nitro benzene ring substituents is 1. The molecule has 1 amide bonds. The van der Waals surface area contributed by atoms with Crippen molar-refractivity contribution in [3.05, 3.63) is 69.8 Å². The molecule has 3 rings (SSSR count). The summed E-state index contributed by atoms with van der Waals surface area (Å²) >= 11 is 0. The summed E-state index contributed by atoms with van der Waals surface area (Å²) in [6.45, 7) is 1.22. The van der Waals surface area contributed by atoms with Gasteiger partial charge in [0.25, 0.3) is 11.6 Å². The van der Waals surface area contributed by atoms with Gasteiger partial charge < -0.3 is 14.4 Å². The van der Waals surface area contributed by atoms with E-state index in [1.54, 1.807) is 35.2 Å². The predicted octanol–water partition coefficient (Wildman–Crippen LogP) is 3.12. The molecule has 0 aromatic heterocycles. The van der Waals surface area contributed by atoms with Gasteiger partial charge in [-0.3, -0.25) is 14.9 Å². The number of hydrogen-bond donors (Lipinski definition) is 0. The standard InChI is InChI=1S/C20H20N2O6/c1-27-17-10-9-15(22(25)26)13-16(17)20(24)28-18(14-7-3-2-4-8-14)19(23)21-11-5-6-12-21/h2-4,7-10,13,18H,5-6,11-12H2,1H3/t18-/m1/s1. The zero-order valence-electron chi connectivity index (χ0n) is 15.4. The average molecular weight is 384 g/mol. The number of rotatable bonds is 6. The first-order valence-electron chi connectivity index (χ1n) is 8.88. The van der Waals surface area contributed by atoms with Crippen LogP contribution in [0.2, 0.25) is 0 Å². The van der Waals surface area contributed by atoms with E-state index in [2.05, 4.69) is 0 Å². The molecular formula is C20H20N2O6. The Balaban J connectivity index is 1.92. The van der Waals surface area contributed by atoms with Crippen LogP contribution in [0.1, 0.15) is 34.9 Å². The van der Waals surface area contributed by atoms with Gasteiger partial charge in [-0.2, -0.15) is 0 Å².